The van der Waals surface area contributed by atoms with E-state index >= 15 is 0 Å². The van der Waals surface area contributed by atoms with Gasteiger partial charge in [0.1, 0.15) is 0 Å². The van der Waals surface area contributed by atoms with Crippen LogP contribution < -0.4 is 10.6 Å². The molecule has 110 valence electrons. The molecule has 0 bridgehead atoms. The van der Waals surface area contributed by atoms with Gasteiger partial charge in [0.15, 0.2) is 0 Å². The van der Waals surface area contributed by atoms with Crippen LogP contribution in [-0.4, -0.2) is 33.2 Å². The molecule has 8 heteroatoms. The van der Waals surface area contributed by atoms with Gasteiger partial charge in [-0.1, -0.05) is 6.08 Å². The minimum Gasteiger partial charge on any atom is -0.325 e. The zero-order valence-corrected chi connectivity index (χ0v) is 11.3. The molecule has 20 heavy (non-hydrogen) atoms. The number of halogens is 2. The van der Waals surface area contributed by atoms with Gasteiger partial charge in [0.2, 0.25) is 15.7 Å². The Labute approximate surface area is 115 Å². The molecule has 0 radical (unpaired) electrons. The second kappa shape index (κ2) is 7.11. The van der Waals surface area contributed by atoms with Gasteiger partial charge in [0, 0.05) is 12.2 Å². The van der Waals surface area contributed by atoms with Crippen molar-refractivity contribution in [1.29, 1.82) is 0 Å². The van der Waals surface area contributed by atoms with Crippen LogP contribution in [-0.2, 0) is 14.6 Å². The number of hydrogen-bond acceptors (Lipinski definition) is 4. The van der Waals surface area contributed by atoms with Crippen LogP contribution in [0.4, 0.5) is 14.5 Å². The van der Waals surface area contributed by atoms with Crippen molar-refractivity contribution in [3.8, 4) is 0 Å². The van der Waals surface area contributed by atoms with Gasteiger partial charge in [-0.15, -0.1) is 6.58 Å². The van der Waals surface area contributed by atoms with Gasteiger partial charge < -0.3 is 10.6 Å². The number of benzene rings is 1. The highest BCUT2D eigenvalue weighted by atomic mass is 32.2. The lowest BCUT2D eigenvalue weighted by atomic mass is 10.3. The number of carbonyl (C=O) groups is 1. The van der Waals surface area contributed by atoms with Crippen molar-refractivity contribution in [3.05, 3.63) is 36.9 Å². The summed E-state index contributed by atoms with van der Waals surface area (Å²) in [5, 5.41) is 5.27. The molecular weight excluding hydrogens is 290 g/mol. The Hall–Kier alpha value is -1.80. The summed E-state index contributed by atoms with van der Waals surface area (Å²) in [7, 11) is -4.61. The number of alkyl halides is 2. The van der Waals surface area contributed by atoms with Crippen molar-refractivity contribution in [1.82, 2.24) is 5.32 Å². The highest BCUT2D eigenvalue weighted by Crippen LogP contribution is 2.20. The summed E-state index contributed by atoms with van der Waals surface area (Å²) < 4.78 is 47.0. The highest BCUT2D eigenvalue weighted by Gasteiger charge is 2.26. The molecule has 1 rings (SSSR count). The normalized spacial score (nSPS) is 11.3. The SMILES string of the molecule is C=CCNCC(=O)Nc1ccc(S(=O)(=O)C(F)F)cc1. The molecule has 0 saturated heterocycles. The molecule has 0 atom stereocenters. The molecule has 1 amide bonds. The lowest BCUT2D eigenvalue weighted by Crippen LogP contribution is -2.28. The summed E-state index contributed by atoms with van der Waals surface area (Å²) in [6, 6.07) is 4.55. The van der Waals surface area contributed by atoms with Crippen molar-refractivity contribution in [2.24, 2.45) is 0 Å². The van der Waals surface area contributed by atoms with Crippen molar-refractivity contribution < 1.29 is 22.0 Å². The van der Waals surface area contributed by atoms with Crippen molar-refractivity contribution >= 4 is 21.4 Å². The summed E-state index contributed by atoms with van der Waals surface area (Å²) in [6.07, 6.45) is 1.59. The minimum absolute atomic E-state index is 0.0586. The Bertz CT molecular complexity index is 571. The van der Waals surface area contributed by atoms with Gasteiger partial charge in [0.05, 0.1) is 11.4 Å². The van der Waals surface area contributed by atoms with Crippen molar-refractivity contribution in [2.75, 3.05) is 18.4 Å². The Kier molecular flexibility index (Phi) is 5.78. The molecule has 0 aliphatic rings. The smallest absolute Gasteiger partial charge is 0.325 e. The molecule has 5 nitrogen and oxygen atoms in total. The van der Waals surface area contributed by atoms with Gasteiger partial charge in [-0.2, -0.15) is 8.78 Å². The second-order valence-corrected chi connectivity index (χ2v) is 5.72. The van der Waals surface area contributed by atoms with Gasteiger partial charge in [0.25, 0.3) is 0 Å². The quantitative estimate of drug-likeness (QED) is 0.590. The molecule has 0 aromatic heterocycles. The van der Waals surface area contributed by atoms with Crippen LogP contribution in [0.1, 0.15) is 0 Å². The van der Waals surface area contributed by atoms with Crippen LogP contribution in [0.15, 0.2) is 41.8 Å². The van der Waals surface area contributed by atoms with E-state index in [0.717, 1.165) is 12.1 Å². The summed E-state index contributed by atoms with van der Waals surface area (Å²) >= 11 is 0. The van der Waals surface area contributed by atoms with Crippen LogP contribution in [0.3, 0.4) is 0 Å². The fourth-order valence-corrected chi connectivity index (χ4v) is 2.04. The molecule has 0 heterocycles. The highest BCUT2D eigenvalue weighted by molar-refractivity contribution is 7.91. The number of amides is 1. The first-order valence-electron chi connectivity index (χ1n) is 5.61. The molecule has 0 aliphatic carbocycles. The van der Waals surface area contributed by atoms with Gasteiger partial charge in [-0.3, -0.25) is 4.79 Å². The number of nitrogens with one attached hydrogen (secondary N) is 2. The van der Waals surface area contributed by atoms with Gasteiger partial charge in [-0.05, 0) is 24.3 Å². The predicted molar refractivity (Wildman–Crippen MR) is 71.3 cm³/mol. The van der Waals surface area contributed by atoms with Crippen LogP contribution in [0.2, 0.25) is 0 Å². The number of sulfone groups is 1. The maximum atomic E-state index is 12.3. The molecular formula is C12H14F2N2O3S. The Morgan fingerprint density at radius 3 is 2.40 bits per heavy atom. The third-order valence-electron chi connectivity index (χ3n) is 2.28. The largest absolute Gasteiger partial charge is 0.341 e. The molecule has 0 aliphatic heterocycles. The Morgan fingerprint density at radius 1 is 1.30 bits per heavy atom. The molecule has 1 aromatic carbocycles. The summed E-state index contributed by atoms with van der Waals surface area (Å²) in [5.41, 5.74) is 0.323. The minimum atomic E-state index is -4.61. The average Bonchev–Trinajstić information content (AvgIpc) is 2.39. The number of hydrogen-bond donors (Lipinski definition) is 2. The molecule has 1 aromatic rings. The Morgan fingerprint density at radius 2 is 1.90 bits per heavy atom. The van der Waals surface area contributed by atoms with Crippen LogP contribution in [0.5, 0.6) is 0 Å². The molecule has 0 spiro atoms. The van der Waals surface area contributed by atoms with E-state index in [-0.39, 0.29) is 12.5 Å². The average molecular weight is 304 g/mol. The van der Waals surface area contributed by atoms with Crippen LogP contribution in [0.25, 0.3) is 0 Å². The summed E-state index contributed by atoms with van der Waals surface area (Å²) in [4.78, 5) is 10.9. The molecule has 0 fully saturated rings. The van der Waals surface area contributed by atoms with Gasteiger partial charge >= 0.3 is 5.76 Å². The van der Waals surface area contributed by atoms with E-state index < -0.39 is 20.5 Å². The second-order valence-electron chi connectivity index (χ2n) is 3.80. The molecule has 0 unspecified atom stereocenters. The van der Waals surface area contributed by atoms with Crippen molar-refractivity contribution in [3.63, 3.8) is 0 Å². The Balaban J connectivity index is 2.68. The lowest BCUT2D eigenvalue weighted by Gasteiger charge is -2.07. The van der Waals surface area contributed by atoms with Crippen LogP contribution in [0, 0.1) is 0 Å². The van der Waals surface area contributed by atoms with E-state index in [1.54, 1.807) is 6.08 Å². The lowest BCUT2D eigenvalue weighted by molar-refractivity contribution is -0.115. The third-order valence-corrected chi connectivity index (χ3v) is 3.67. The fourth-order valence-electron chi connectivity index (χ4n) is 1.32. The zero-order chi connectivity index (χ0) is 15.2. The van der Waals surface area contributed by atoms with E-state index in [4.69, 9.17) is 0 Å². The predicted octanol–water partition coefficient (Wildman–Crippen LogP) is 1.40. The standard InChI is InChI=1S/C12H14F2N2O3S/c1-2-7-15-8-11(17)16-9-3-5-10(6-4-9)20(18,19)12(13)14/h2-6,12,15H,1,7-8H2,(H,16,17). The topological polar surface area (TPSA) is 75.3 Å². The van der Waals surface area contributed by atoms with E-state index in [1.165, 1.54) is 12.1 Å². The van der Waals surface area contributed by atoms with Crippen LogP contribution >= 0.6 is 0 Å². The first-order chi connectivity index (χ1) is 9.37. The maximum absolute atomic E-state index is 12.3. The van der Waals surface area contributed by atoms with E-state index in [1.807, 2.05) is 0 Å². The van der Waals surface area contributed by atoms with E-state index in [2.05, 4.69) is 17.2 Å². The first-order valence-corrected chi connectivity index (χ1v) is 7.16. The number of rotatable bonds is 7. The molecule has 2 N–H and O–H groups in total. The fraction of sp³-hybridized carbons (Fsp3) is 0.250. The van der Waals surface area contributed by atoms with Crippen molar-refractivity contribution in [2.45, 2.75) is 10.7 Å². The first kappa shape index (κ1) is 16.3. The monoisotopic (exact) mass is 304 g/mol. The maximum Gasteiger partial charge on any atom is 0.341 e. The number of anilines is 1. The number of carbonyl (C=O) groups excluding carboxylic acids is 1. The third kappa shape index (κ3) is 4.39. The van der Waals surface area contributed by atoms with E-state index in [9.17, 15) is 22.0 Å². The summed E-state index contributed by atoms with van der Waals surface area (Å²) in [6.45, 7) is 4.01. The van der Waals surface area contributed by atoms with Gasteiger partial charge in [-0.25, -0.2) is 8.42 Å². The zero-order valence-electron chi connectivity index (χ0n) is 10.5. The molecule has 0 saturated carbocycles. The van der Waals surface area contributed by atoms with E-state index in [0.29, 0.717) is 12.2 Å². The summed E-state index contributed by atoms with van der Waals surface area (Å²) in [5.74, 6) is -3.80.